The molecule has 0 radical (unpaired) electrons. The van der Waals surface area contributed by atoms with Gasteiger partial charge in [0.25, 0.3) is 0 Å². The number of aliphatic hydroxyl groups excluding tert-OH is 1. The maximum Gasteiger partial charge on any atom is 0.226 e. The van der Waals surface area contributed by atoms with Crippen molar-refractivity contribution in [3.8, 4) is 0 Å². The normalized spacial score (nSPS) is 9.43. The van der Waals surface area contributed by atoms with Crippen LogP contribution < -0.4 is 17.2 Å². The number of hydrogen-bond donors (Lipinski definition) is 4. The maximum absolute atomic E-state index is 8.14. The molecule has 0 spiro atoms. The zero-order valence-electron chi connectivity index (χ0n) is 8.31. The average Bonchev–Trinajstić information content (AvgIpc) is 2.02. The molecule has 0 aliphatic carbocycles. The summed E-state index contributed by atoms with van der Waals surface area (Å²) in [5.41, 5.74) is 15.4. The van der Waals surface area contributed by atoms with E-state index in [0.717, 1.165) is 0 Å². The molecule has 14 heavy (non-hydrogen) atoms. The van der Waals surface area contributed by atoms with Crippen LogP contribution in [-0.4, -0.2) is 26.7 Å². The van der Waals surface area contributed by atoms with Crippen molar-refractivity contribution < 1.29 is 5.11 Å². The van der Waals surface area contributed by atoms with Gasteiger partial charge in [0.2, 0.25) is 17.8 Å². The van der Waals surface area contributed by atoms with Crippen LogP contribution in [0.25, 0.3) is 0 Å². The Balaban J connectivity index is 0.000000292. The highest BCUT2D eigenvalue weighted by atomic mass is 16.3. The van der Waals surface area contributed by atoms with Gasteiger partial charge in [-0.05, 0) is 5.92 Å². The maximum atomic E-state index is 8.14. The van der Waals surface area contributed by atoms with Gasteiger partial charge in [-0.3, -0.25) is 0 Å². The number of nitrogens with two attached hydrogens (primary N) is 3. The quantitative estimate of drug-likeness (QED) is 0.468. The van der Waals surface area contributed by atoms with Gasteiger partial charge >= 0.3 is 0 Å². The Kier molecular flexibility index (Phi) is 5.23. The summed E-state index contributed by atoms with van der Waals surface area (Å²) in [4.78, 5) is 10.5. The van der Waals surface area contributed by atoms with E-state index in [-0.39, 0.29) is 17.8 Å². The molecule has 7 heteroatoms. The minimum Gasteiger partial charge on any atom is -0.396 e. The molecule has 80 valence electrons. The summed E-state index contributed by atoms with van der Waals surface area (Å²) in [6.07, 6.45) is 0. The Labute approximate surface area is 82.4 Å². The molecule has 1 rings (SSSR count). The minimum atomic E-state index is 0.0417. The van der Waals surface area contributed by atoms with Crippen molar-refractivity contribution in [2.75, 3.05) is 23.8 Å². The SMILES string of the molecule is CC(C)CO.Nc1nc(N)nc(N)n1. The third-order valence-corrected chi connectivity index (χ3v) is 1.05. The van der Waals surface area contributed by atoms with Crippen molar-refractivity contribution in [2.45, 2.75) is 13.8 Å². The van der Waals surface area contributed by atoms with Gasteiger partial charge in [0.15, 0.2) is 0 Å². The van der Waals surface area contributed by atoms with Crippen LogP contribution in [-0.2, 0) is 0 Å². The number of aliphatic hydroxyl groups is 1. The molecule has 0 fully saturated rings. The minimum absolute atomic E-state index is 0.0417. The number of nitrogen functional groups attached to an aromatic ring is 3. The summed E-state index contributed by atoms with van der Waals surface area (Å²) in [5, 5.41) is 8.14. The Morgan fingerprint density at radius 2 is 1.21 bits per heavy atom. The van der Waals surface area contributed by atoms with Crippen LogP contribution in [0.3, 0.4) is 0 Å². The first-order valence-corrected chi connectivity index (χ1v) is 4.09. The van der Waals surface area contributed by atoms with Gasteiger partial charge in [-0.2, -0.15) is 15.0 Å². The molecule has 0 unspecified atom stereocenters. The molecular weight excluding hydrogens is 184 g/mol. The Morgan fingerprint density at radius 3 is 1.36 bits per heavy atom. The predicted octanol–water partition coefficient (Wildman–Crippen LogP) is -0.747. The largest absolute Gasteiger partial charge is 0.396 e. The second-order valence-corrected chi connectivity index (χ2v) is 2.99. The average molecular weight is 200 g/mol. The summed E-state index contributed by atoms with van der Waals surface area (Å²) in [7, 11) is 0. The second kappa shape index (κ2) is 5.92. The van der Waals surface area contributed by atoms with Crippen LogP contribution in [0.15, 0.2) is 0 Å². The first-order valence-electron chi connectivity index (χ1n) is 4.09. The molecule has 0 aliphatic heterocycles. The third-order valence-electron chi connectivity index (χ3n) is 1.05. The lowest BCUT2D eigenvalue weighted by Gasteiger charge is -1.93. The van der Waals surface area contributed by atoms with Crippen molar-refractivity contribution in [1.82, 2.24) is 15.0 Å². The molecule has 7 N–H and O–H groups in total. The summed E-state index contributed by atoms with van der Waals surface area (Å²) in [6.45, 7) is 4.25. The van der Waals surface area contributed by atoms with Crippen LogP contribution in [0, 0.1) is 5.92 Å². The number of anilines is 3. The molecule has 0 bridgehead atoms. The van der Waals surface area contributed by atoms with E-state index in [2.05, 4.69) is 15.0 Å². The highest BCUT2D eigenvalue weighted by Crippen LogP contribution is 1.97. The number of rotatable bonds is 1. The lowest BCUT2D eigenvalue weighted by Crippen LogP contribution is -2.05. The fourth-order valence-corrected chi connectivity index (χ4v) is 0.427. The predicted molar refractivity (Wildman–Crippen MR) is 55.0 cm³/mol. The van der Waals surface area contributed by atoms with E-state index in [0.29, 0.717) is 12.5 Å². The molecule has 7 nitrogen and oxygen atoms in total. The zero-order chi connectivity index (χ0) is 11.1. The molecule has 1 aromatic rings. The lowest BCUT2D eigenvalue weighted by atomic mass is 10.2. The van der Waals surface area contributed by atoms with Gasteiger partial charge in [0.1, 0.15) is 0 Å². The summed E-state index contributed by atoms with van der Waals surface area (Å²) in [5.74, 6) is 0.565. The van der Waals surface area contributed by atoms with E-state index >= 15 is 0 Å². The Bertz CT molecular complexity index is 226. The fraction of sp³-hybridized carbons (Fsp3) is 0.571. The fourth-order valence-electron chi connectivity index (χ4n) is 0.427. The number of hydrogen-bond acceptors (Lipinski definition) is 7. The van der Waals surface area contributed by atoms with E-state index in [1.54, 1.807) is 0 Å². The molecule has 0 amide bonds. The number of nitrogens with zero attached hydrogens (tertiary/aromatic N) is 3. The molecule has 0 saturated carbocycles. The van der Waals surface area contributed by atoms with Crippen molar-refractivity contribution in [3.05, 3.63) is 0 Å². The third kappa shape index (κ3) is 5.95. The van der Waals surface area contributed by atoms with Crippen LogP contribution in [0.4, 0.5) is 17.8 Å². The highest BCUT2D eigenvalue weighted by Gasteiger charge is 1.93. The molecular formula is C7H16N6O. The molecule has 1 heterocycles. The first-order chi connectivity index (χ1) is 6.45. The van der Waals surface area contributed by atoms with Gasteiger partial charge in [-0.15, -0.1) is 0 Å². The summed E-state index contributed by atoms with van der Waals surface area (Å²) in [6, 6.07) is 0. The van der Waals surface area contributed by atoms with Crippen molar-refractivity contribution in [3.63, 3.8) is 0 Å². The van der Waals surface area contributed by atoms with Crippen LogP contribution in [0.2, 0.25) is 0 Å². The van der Waals surface area contributed by atoms with E-state index in [9.17, 15) is 0 Å². The van der Waals surface area contributed by atoms with Gasteiger partial charge < -0.3 is 22.3 Å². The molecule has 0 atom stereocenters. The van der Waals surface area contributed by atoms with Crippen LogP contribution in [0.1, 0.15) is 13.8 Å². The smallest absolute Gasteiger partial charge is 0.226 e. The molecule has 0 aromatic carbocycles. The van der Waals surface area contributed by atoms with Crippen LogP contribution >= 0.6 is 0 Å². The van der Waals surface area contributed by atoms with Gasteiger partial charge in [-0.25, -0.2) is 0 Å². The van der Waals surface area contributed by atoms with E-state index < -0.39 is 0 Å². The molecule has 0 aliphatic rings. The number of aromatic nitrogens is 3. The van der Waals surface area contributed by atoms with Crippen molar-refractivity contribution in [1.29, 1.82) is 0 Å². The first kappa shape index (κ1) is 12.4. The Hall–Kier alpha value is -1.63. The molecule has 1 aromatic heterocycles. The second-order valence-electron chi connectivity index (χ2n) is 2.99. The Morgan fingerprint density at radius 1 is 1.00 bits per heavy atom. The summed E-state index contributed by atoms with van der Waals surface area (Å²) >= 11 is 0. The monoisotopic (exact) mass is 200 g/mol. The van der Waals surface area contributed by atoms with Gasteiger partial charge in [0, 0.05) is 6.61 Å². The zero-order valence-corrected chi connectivity index (χ0v) is 8.31. The summed E-state index contributed by atoms with van der Waals surface area (Å²) < 4.78 is 0. The standard InChI is InChI=1S/C4H10O.C3H6N6/c1-4(2)3-5;4-1-7-2(5)9-3(6)8-1/h4-5H,3H2,1-2H3;(H6,4,5,6,7,8,9). The van der Waals surface area contributed by atoms with Crippen molar-refractivity contribution >= 4 is 17.8 Å². The van der Waals surface area contributed by atoms with E-state index in [1.807, 2.05) is 13.8 Å². The lowest BCUT2D eigenvalue weighted by molar-refractivity contribution is 0.248. The topological polar surface area (TPSA) is 137 Å². The van der Waals surface area contributed by atoms with Crippen LogP contribution in [0.5, 0.6) is 0 Å². The van der Waals surface area contributed by atoms with E-state index in [4.69, 9.17) is 22.3 Å². The molecule has 0 saturated heterocycles. The van der Waals surface area contributed by atoms with Gasteiger partial charge in [0.05, 0.1) is 0 Å². The van der Waals surface area contributed by atoms with E-state index in [1.165, 1.54) is 0 Å². The van der Waals surface area contributed by atoms with Crippen molar-refractivity contribution in [2.24, 2.45) is 5.92 Å². The highest BCUT2D eigenvalue weighted by molar-refractivity contribution is 5.33. The van der Waals surface area contributed by atoms with Gasteiger partial charge in [-0.1, -0.05) is 13.8 Å².